The molecule has 0 atom stereocenters. The van der Waals surface area contributed by atoms with Gasteiger partial charge in [-0.3, -0.25) is 0 Å². The Morgan fingerprint density at radius 1 is 1.53 bits per heavy atom. The standard InChI is InChI=1S/C11H16N4/c1-8-11(9-4-5-13-6-9)14-10(7-12-2)15(8)3/h4-6,12-13H,7H2,1-3H3. The summed E-state index contributed by atoms with van der Waals surface area (Å²) in [4.78, 5) is 7.67. The van der Waals surface area contributed by atoms with E-state index in [1.54, 1.807) is 0 Å². The molecule has 0 fully saturated rings. The Kier molecular flexibility index (Phi) is 2.60. The fraction of sp³-hybridized carbons (Fsp3) is 0.364. The summed E-state index contributed by atoms with van der Waals surface area (Å²) in [5.41, 5.74) is 3.40. The maximum atomic E-state index is 4.62. The van der Waals surface area contributed by atoms with E-state index in [1.165, 1.54) is 5.69 Å². The summed E-state index contributed by atoms with van der Waals surface area (Å²) in [5.74, 6) is 1.06. The molecule has 0 amide bonds. The maximum Gasteiger partial charge on any atom is 0.123 e. The van der Waals surface area contributed by atoms with Crippen molar-refractivity contribution in [1.82, 2.24) is 19.9 Å². The second kappa shape index (κ2) is 3.90. The van der Waals surface area contributed by atoms with E-state index in [2.05, 4.69) is 26.8 Å². The molecule has 0 aliphatic rings. The highest BCUT2D eigenvalue weighted by Gasteiger charge is 2.11. The van der Waals surface area contributed by atoms with E-state index in [0.29, 0.717) is 0 Å². The zero-order valence-corrected chi connectivity index (χ0v) is 9.33. The number of rotatable bonds is 3. The van der Waals surface area contributed by atoms with Crippen molar-refractivity contribution in [3.8, 4) is 11.3 Å². The molecule has 0 bridgehead atoms. The summed E-state index contributed by atoms with van der Waals surface area (Å²) in [5, 5.41) is 3.12. The van der Waals surface area contributed by atoms with Crippen molar-refractivity contribution in [3.05, 3.63) is 30.0 Å². The van der Waals surface area contributed by atoms with Crippen molar-refractivity contribution in [2.24, 2.45) is 7.05 Å². The van der Waals surface area contributed by atoms with Crippen molar-refractivity contribution in [3.63, 3.8) is 0 Å². The molecule has 2 heterocycles. The average molecular weight is 204 g/mol. The van der Waals surface area contributed by atoms with Gasteiger partial charge in [0.2, 0.25) is 0 Å². The molecule has 2 rings (SSSR count). The summed E-state index contributed by atoms with van der Waals surface area (Å²) in [7, 11) is 3.98. The van der Waals surface area contributed by atoms with Crippen LogP contribution in [0, 0.1) is 6.92 Å². The summed E-state index contributed by atoms with van der Waals surface area (Å²) in [6, 6.07) is 2.04. The second-order valence-corrected chi connectivity index (χ2v) is 3.65. The molecule has 0 spiro atoms. The molecule has 2 aromatic rings. The molecule has 0 aromatic carbocycles. The molecule has 0 radical (unpaired) electrons. The van der Waals surface area contributed by atoms with Gasteiger partial charge in [0.15, 0.2) is 0 Å². The predicted molar refractivity (Wildman–Crippen MR) is 60.5 cm³/mol. The summed E-state index contributed by atoms with van der Waals surface area (Å²) < 4.78 is 2.12. The monoisotopic (exact) mass is 204 g/mol. The fourth-order valence-electron chi connectivity index (χ4n) is 1.70. The maximum absolute atomic E-state index is 4.62. The Hall–Kier alpha value is -1.55. The van der Waals surface area contributed by atoms with Crippen molar-refractivity contribution >= 4 is 0 Å². The first-order valence-electron chi connectivity index (χ1n) is 5.04. The van der Waals surface area contributed by atoms with Crippen LogP contribution in [-0.2, 0) is 13.6 Å². The molecular weight excluding hydrogens is 188 g/mol. The predicted octanol–water partition coefficient (Wildman–Crippen LogP) is 1.44. The number of imidazole rings is 1. The van der Waals surface area contributed by atoms with Crippen LogP contribution in [-0.4, -0.2) is 21.6 Å². The van der Waals surface area contributed by atoms with E-state index in [4.69, 9.17) is 0 Å². The first-order chi connectivity index (χ1) is 7.24. The molecule has 0 saturated heterocycles. The van der Waals surface area contributed by atoms with Gasteiger partial charge in [0.25, 0.3) is 0 Å². The van der Waals surface area contributed by atoms with Gasteiger partial charge in [0.1, 0.15) is 5.82 Å². The van der Waals surface area contributed by atoms with Crippen LogP contribution in [0.4, 0.5) is 0 Å². The molecule has 0 aliphatic heterocycles. The quantitative estimate of drug-likeness (QED) is 0.794. The van der Waals surface area contributed by atoms with Crippen LogP contribution < -0.4 is 5.32 Å². The second-order valence-electron chi connectivity index (χ2n) is 3.65. The van der Waals surface area contributed by atoms with Gasteiger partial charge in [0, 0.05) is 30.7 Å². The van der Waals surface area contributed by atoms with E-state index in [9.17, 15) is 0 Å². The highest BCUT2D eigenvalue weighted by Crippen LogP contribution is 2.22. The van der Waals surface area contributed by atoms with Crippen molar-refractivity contribution in [2.45, 2.75) is 13.5 Å². The number of H-pyrrole nitrogens is 1. The summed E-state index contributed by atoms with van der Waals surface area (Å²) >= 11 is 0. The van der Waals surface area contributed by atoms with Gasteiger partial charge in [-0.25, -0.2) is 4.98 Å². The minimum absolute atomic E-state index is 0.793. The topological polar surface area (TPSA) is 45.6 Å². The van der Waals surface area contributed by atoms with Gasteiger partial charge in [-0.1, -0.05) is 0 Å². The van der Waals surface area contributed by atoms with Crippen LogP contribution >= 0.6 is 0 Å². The molecule has 2 N–H and O–H groups in total. The minimum atomic E-state index is 0.793. The molecule has 0 unspecified atom stereocenters. The summed E-state index contributed by atoms with van der Waals surface area (Å²) in [6.07, 6.45) is 3.89. The van der Waals surface area contributed by atoms with E-state index in [-0.39, 0.29) is 0 Å². The van der Waals surface area contributed by atoms with E-state index in [1.807, 2.05) is 32.6 Å². The zero-order chi connectivity index (χ0) is 10.8. The van der Waals surface area contributed by atoms with Gasteiger partial charge in [-0.05, 0) is 20.0 Å². The zero-order valence-electron chi connectivity index (χ0n) is 9.33. The Labute approximate surface area is 89.3 Å². The molecule has 2 aromatic heterocycles. The smallest absolute Gasteiger partial charge is 0.123 e. The number of nitrogens with zero attached hydrogens (tertiary/aromatic N) is 2. The Bertz CT molecular complexity index is 439. The van der Waals surface area contributed by atoms with Gasteiger partial charge >= 0.3 is 0 Å². The van der Waals surface area contributed by atoms with Gasteiger partial charge in [0.05, 0.1) is 12.2 Å². The number of hydrogen-bond acceptors (Lipinski definition) is 2. The van der Waals surface area contributed by atoms with Crippen LogP contribution in [0.25, 0.3) is 11.3 Å². The molecule has 4 heteroatoms. The normalized spacial score (nSPS) is 10.9. The van der Waals surface area contributed by atoms with Crippen LogP contribution in [0.2, 0.25) is 0 Å². The highest BCUT2D eigenvalue weighted by molar-refractivity contribution is 5.61. The number of nitrogens with one attached hydrogen (secondary N) is 2. The Balaban J connectivity index is 2.45. The van der Waals surface area contributed by atoms with Gasteiger partial charge in [-0.15, -0.1) is 0 Å². The first-order valence-corrected chi connectivity index (χ1v) is 5.04. The molecule has 15 heavy (non-hydrogen) atoms. The van der Waals surface area contributed by atoms with E-state index < -0.39 is 0 Å². The average Bonchev–Trinajstić information content (AvgIpc) is 2.82. The molecule has 0 saturated carbocycles. The van der Waals surface area contributed by atoms with Gasteiger partial charge in [-0.2, -0.15) is 0 Å². The molecular formula is C11H16N4. The molecule has 4 nitrogen and oxygen atoms in total. The largest absolute Gasteiger partial charge is 0.367 e. The third-order valence-corrected chi connectivity index (χ3v) is 2.68. The van der Waals surface area contributed by atoms with Crippen molar-refractivity contribution < 1.29 is 0 Å². The third kappa shape index (κ3) is 1.68. The van der Waals surface area contributed by atoms with E-state index >= 15 is 0 Å². The van der Waals surface area contributed by atoms with Crippen molar-refractivity contribution in [1.29, 1.82) is 0 Å². The number of aromatic amines is 1. The minimum Gasteiger partial charge on any atom is -0.367 e. The fourth-order valence-corrected chi connectivity index (χ4v) is 1.70. The Morgan fingerprint density at radius 3 is 2.93 bits per heavy atom. The van der Waals surface area contributed by atoms with Crippen LogP contribution in [0.15, 0.2) is 18.5 Å². The lowest BCUT2D eigenvalue weighted by molar-refractivity contribution is 0.701. The van der Waals surface area contributed by atoms with Crippen LogP contribution in [0.3, 0.4) is 0 Å². The SMILES string of the molecule is CNCc1nc(-c2cc[nH]c2)c(C)n1C. The lowest BCUT2D eigenvalue weighted by Crippen LogP contribution is -2.10. The molecule has 80 valence electrons. The van der Waals surface area contributed by atoms with E-state index in [0.717, 1.165) is 23.6 Å². The first kappa shape index (κ1) is 9.98. The third-order valence-electron chi connectivity index (χ3n) is 2.68. The van der Waals surface area contributed by atoms with Crippen LogP contribution in [0.1, 0.15) is 11.5 Å². The number of hydrogen-bond donors (Lipinski definition) is 2. The van der Waals surface area contributed by atoms with Gasteiger partial charge < -0.3 is 14.9 Å². The Morgan fingerprint density at radius 2 is 2.33 bits per heavy atom. The van der Waals surface area contributed by atoms with Crippen molar-refractivity contribution in [2.75, 3.05) is 7.05 Å². The highest BCUT2D eigenvalue weighted by atomic mass is 15.1. The lowest BCUT2D eigenvalue weighted by atomic mass is 10.2. The van der Waals surface area contributed by atoms with Crippen LogP contribution in [0.5, 0.6) is 0 Å². The summed E-state index contributed by atoms with van der Waals surface area (Å²) in [6.45, 7) is 2.89. The molecule has 0 aliphatic carbocycles. The lowest BCUT2D eigenvalue weighted by Gasteiger charge is -2.00. The number of aromatic nitrogens is 3.